The summed E-state index contributed by atoms with van der Waals surface area (Å²) in [7, 11) is 4.70. The molecule has 0 bridgehead atoms. The van der Waals surface area contributed by atoms with Crippen molar-refractivity contribution >= 4 is 16.6 Å². The van der Waals surface area contributed by atoms with E-state index in [0.717, 1.165) is 5.56 Å². The van der Waals surface area contributed by atoms with E-state index in [9.17, 15) is 10.0 Å². The third-order valence-electron chi connectivity index (χ3n) is 4.06. The fourth-order valence-electron chi connectivity index (χ4n) is 2.81. The van der Waals surface area contributed by atoms with Gasteiger partial charge in [-0.3, -0.25) is 0 Å². The quantitative estimate of drug-likeness (QED) is 0.689. The first-order valence-corrected chi connectivity index (χ1v) is 7.55. The largest absolute Gasteiger partial charge is 0.497 e. The average Bonchev–Trinajstić information content (AvgIpc) is 2.91. The van der Waals surface area contributed by atoms with E-state index in [1.165, 1.54) is 0 Å². The number of aromatic nitrogens is 1. The molecule has 1 heterocycles. The van der Waals surface area contributed by atoms with Crippen LogP contribution in [0, 0.1) is 4.91 Å². The number of hydrogen-bond acceptors (Lipinski definition) is 6. The lowest BCUT2D eigenvalue weighted by Crippen LogP contribution is -2.00. The van der Waals surface area contributed by atoms with E-state index in [-0.39, 0.29) is 11.6 Å². The Kier molecular flexibility index (Phi) is 4.47. The highest BCUT2D eigenvalue weighted by Crippen LogP contribution is 2.40. The molecular formula is C18H18N2O5. The SMILES string of the molecule is COc1cc(Cn2c(O)c(N=O)c3ccc(OC)cc32)cc(OC)c1. The maximum Gasteiger partial charge on any atom is 0.222 e. The van der Waals surface area contributed by atoms with Crippen molar-refractivity contribution in [2.45, 2.75) is 6.54 Å². The van der Waals surface area contributed by atoms with Gasteiger partial charge in [-0.05, 0) is 35.0 Å². The number of methoxy groups -OCH3 is 3. The Labute approximate surface area is 144 Å². The van der Waals surface area contributed by atoms with Gasteiger partial charge in [0.15, 0.2) is 5.69 Å². The first-order chi connectivity index (χ1) is 12.1. The summed E-state index contributed by atoms with van der Waals surface area (Å²) >= 11 is 0. The van der Waals surface area contributed by atoms with Crippen LogP contribution < -0.4 is 14.2 Å². The first kappa shape index (κ1) is 16.6. The summed E-state index contributed by atoms with van der Waals surface area (Å²) in [6.45, 7) is 0.304. The van der Waals surface area contributed by atoms with Crippen LogP contribution in [-0.2, 0) is 6.54 Å². The molecule has 0 aliphatic carbocycles. The van der Waals surface area contributed by atoms with Crippen LogP contribution in [0.4, 0.5) is 5.69 Å². The number of hydrogen-bond donors (Lipinski definition) is 1. The molecule has 3 aromatic rings. The van der Waals surface area contributed by atoms with Gasteiger partial charge < -0.3 is 23.9 Å². The summed E-state index contributed by atoms with van der Waals surface area (Å²) in [4.78, 5) is 11.2. The molecule has 0 radical (unpaired) electrons. The molecule has 1 N–H and O–H groups in total. The second kappa shape index (κ2) is 6.72. The molecule has 7 heteroatoms. The third kappa shape index (κ3) is 2.96. The van der Waals surface area contributed by atoms with Gasteiger partial charge in [0, 0.05) is 17.5 Å². The predicted molar refractivity (Wildman–Crippen MR) is 94.3 cm³/mol. The molecule has 0 atom stereocenters. The van der Waals surface area contributed by atoms with Crippen LogP contribution in [0.2, 0.25) is 0 Å². The Morgan fingerprint density at radius 1 is 0.960 bits per heavy atom. The van der Waals surface area contributed by atoms with Gasteiger partial charge in [-0.2, -0.15) is 0 Å². The molecular weight excluding hydrogens is 324 g/mol. The van der Waals surface area contributed by atoms with E-state index < -0.39 is 0 Å². The van der Waals surface area contributed by atoms with Gasteiger partial charge in [-0.15, -0.1) is 4.91 Å². The first-order valence-electron chi connectivity index (χ1n) is 7.55. The number of fused-ring (bicyclic) bond motifs is 1. The van der Waals surface area contributed by atoms with Gasteiger partial charge in [-0.1, -0.05) is 0 Å². The highest BCUT2D eigenvalue weighted by atomic mass is 16.5. The van der Waals surface area contributed by atoms with Gasteiger partial charge in [0.25, 0.3) is 0 Å². The fourth-order valence-corrected chi connectivity index (χ4v) is 2.81. The molecule has 0 amide bonds. The topological polar surface area (TPSA) is 82.3 Å². The summed E-state index contributed by atoms with van der Waals surface area (Å²) in [6, 6.07) is 10.6. The van der Waals surface area contributed by atoms with Crippen molar-refractivity contribution in [3.8, 4) is 23.1 Å². The number of benzene rings is 2. The summed E-state index contributed by atoms with van der Waals surface area (Å²) in [5.74, 6) is 1.69. The Morgan fingerprint density at radius 3 is 2.16 bits per heavy atom. The van der Waals surface area contributed by atoms with Crippen molar-refractivity contribution < 1.29 is 19.3 Å². The Balaban J connectivity index is 2.15. The number of aromatic hydroxyl groups is 1. The molecule has 2 aromatic carbocycles. The smallest absolute Gasteiger partial charge is 0.222 e. The van der Waals surface area contributed by atoms with Crippen molar-refractivity contribution in [1.29, 1.82) is 0 Å². The zero-order valence-corrected chi connectivity index (χ0v) is 14.1. The molecule has 0 unspecified atom stereocenters. The Hall–Kier alpha value is -3.22. The molecule has 0 saturated carbocycles. The maximum atomic E-state index is 11.2. The van der Waals surface area contributed by atoms with E-state index in [1.54, 1.807) is 50.2 Å². The maximum absolute atomic E-state index is 11.2. The molecule has 0 fully saturated rings. The molecule has 0 aliphatic heterocycles. The third-order valence-corrected chi connectivity index (χ3v) is 4.06. The second-order valence-corrected chi connectivity index (χ2v) is 5.45. The molecule has 130 valence electrons. The van der Waals surface area contributed by atoms with Crippen LogP contribution in [0.25, 0.3) is 10.9 Å². The lowest BCUT2D eigenvalue weighted by Gasteiger charge is -2.11. The molecule has 25 heavy (non-hydrogen) atoms. The average molecular weight is 342 g/mol. The Morgan fingerprint density at radius 2 is 1.60 bits per heavy atom. The highest BCUT2D eigenvalue weighted by molar-refractivity contribution is 5.95. The van der Waals surface area contributed by atoms with E-state index in [0.29, 0.717) is 34.7 Å². The van der Waals surface area contributed by atoms with Crippen LogP contribution in [0.1, 0.15) is 5.56 Å². The lowest BCUT2D eigenvalue weighted by molar-refractivity contribution is 0.392. The predicted octanol–water partition coefficient (Wildman–Crippen LogP) is 3.82. The van der Waals surface area contributed by atoms with Gasteiger partial charge >= 0.3 is 0 Å². The highest BCUT2D eigenvalue weighted by Gasteiger charge is 2.18. The summed E-state index contributed by atoms with van der Waals surface area (Å²) < 4.78 is 17.4. The van der Waals surface area contributed by atoms with Crippen LogP contribution in [0.3, 0.4) is 0 Å². The van der Waals surface area contributed by atoms with Crippen LogP contribution >= 0.6 is 0 Å². The van der Waals surface area contributed by atoms with Crippen molar-refractivity contribution in [1.82, 2.24) is 4.57 Å². The van der Waals surface area contributed by atoms with Gasteiger partial charge in [0.1, 0.15) is 17.2 Å². The minimum atomic E-state index is -0.194. The van der Waals surface area contributed by atoms with Crippen molar-refractivity contribution in [2.24, 2.45) is 5.18 Å². The lowest BCUT2D eigenvalue weighted by atomic mass is 10.2. The van der Waals surface area contributed by atoms with E-state index in [2.05, 4.69) is 5.18 Å². The monoisotopic (exact) mass is 342 g/mol. The number of rotatable bonds is 6. The number of nitroso groups, excluding NO2 is 1. The zero-order chi connectivity index (χ0) is 18.0. The summed E-state index contributed by atoms with van der Waals surface area (Å²) in [5, 5.41) is 14.0. The molecule has 0 spiro atoms. The van der Waals surface area contributed by atoms with Crippen molar-refractivity contribution in [3.05, 3.63) is 46.9 Å². The molecule has 0 saturated heterocycles. The number of ether oxygens (including phenoxy) is 3. The van der Waals surface area contributed by atoms with Crippen LogP contribution in [0.15, 0.2) is 41.6 Å². The number of nitrogens with zero attached hydrogens (tertiary/aromatic N) is 2. The summed E-state index contributed by atoms with van der Waals surface area (Å²) in [5.41, 5.74) is 1.49. The van der Waals surface area contributed by atoms with E-state index >= 15 is 0 Å². The van der Waals surface area contributed by atoms with Gasteiger partial charge in [0.2, 0.25) is 5.88 Å². The van der Waals surface area contributed by atoms with E-state index in [1.807, 2.05) is 12.1 Å². The standard InChI is InChI=1S/C18H18N2O5/c1-23-12-4-5-15-16(9-12)20(18(21)17(15)19-22)10-11-6-13(24-2)8-14(7-11)25-3/h4-9,21H,10H2,1-3H3. The van der Waals surface area contributed by atoms with Crippen molar-refractivity contribution in [3.63, 3.8) is 0 Å². The van der Waals surface area contributed by atoms with Gasteiger partial charge in [0.05, 0.1) is 33.4 Å². The Bertz CT molecular complexity index is 911. The van der Waals surface area contributed by atoms with Crippen LogP contribution in [0.5, 0.6) is 23.1 Å². The zero-order valence-electron chi connectivity index (χ0n) is 14.1. The minimum Gasteiger partial charge on any atom is -0.497 e. The normalized spacial score (nSPS) is 10.7. The fraction of sp³-hybridized carbons (Fsp3) is 0.222. The van der Waals surface area contributed by atoms with Crippen LogP contribution in [-0.4, -0.2) is 31.0 Å². The van der Waals surface area contributed by atoms with Crippen molar-refractivity contribution in [2.75, 3.05) is 21.3 Å². The minimum absolute atomic E-state index is 0.00696. The second-order valence-electron chi connectivity index (χ2n) is 5.45. The summed E-state index contributed by atoms with van der Waals surface area (Å²) in [6.07, 6.45) is 0. The molecule has 0 aliphatic rings. The van der Waals surface area contributed by atoms with Gasteiger partial charge in [-0.25, -0.2) is 0 Å². The molecule has 7 nitrogen and oxygen atoms in total. The molecule has 1 aromatic heterocycles. The molecule has 3 rings (SSSR count). The van der Waals surface area contributed by atoms with E-state index in [4.69, 9.17) is 14.2 Å².